The average molecular weight is 580 g/mol. The summed E-state index contributed by atoms with van der Waals surface area (Å²) in [7, 11) is 1.72. The number of amides is 1. The summed E-state index contributed by atoms with van der Waals surface area (Å²) in [4.78, 5) is 33.8. The standard InChI is InChI=1S/C25H31BrN4O5S/c1-15(29-22-21-19(27-14-28-22)18(26)20(36-21)23(31)32)17-9-6-8-16(12-17)13-34-11-7-10-30(5)24(33)35-25(2,3)4/h6,8-9,12,14-15H,7,10-11,13H2,1-5H3,(H,31,32)(H,27,28,29). The number of anilines is 1. The van der Waals surface area contributed by atoms with Crippen LogP contribution in [0.25, 0.3) is 10.2 Å². The Morgan fingerprint density at radius 3 is 2.72 bits per heavy atom. The van der Waals surface area contributed by atoms with Gasteiger partial charge in [0, 0.05) is 26.2 Å². The largest absolute Gasteiger partial charge is 0.477 e. The Hall–Kier alpha value is -2.76. The number of aromatic carboxylic acids is 1. The van der Waals surface area contributed by atoms with E-state index in [1.165, 1.54) is 6.33 Å². The number of halogens is 1. The van der Waals surface area contributed by atoms with Gasteiger partial charge in [-0.3, -0.25) is 0 Å². The topological polar surface area (TPSA) is 114 Å². The molecule has 0 saturated heterocycles. The van der Waals surface area contributed by atoms with Gasteiger partial charge in [0.25, 0.3) is 0 Å². The quantitative estimate of drug-likeness (QED) is 0.277. The number of benzene rings is 1. The first-order chi connectivity index (χ1) is 17.0. The molecule has 0 spiro atoms. The molecule has 0 aliphatic heterocycles. The third-order valence-electron chi connectivity index (χ3n) is 5.17. The van der Waals surface area contributed by atoms with Crippen LogP contribution in [0, 0.1) is 0 Å². The molecule has 0 aliphatic carbocycles. The second kappa shape index (κ2) is 12.0. The molecular formula is C25H31BrN4O5S. The van der Waals surface area contributed by atoms with Crippen molar-refractivity contribution in [3.63, 3.8) is 0 Å². The van der Waals surface area contributed by atoms with Crippen LogP contribution in [-0.4, -0.2) is 57.8 Å². The van der Waals surface area contributed by atoms with Crippen LogP contribution in [0.15, 0.2) is 35.1 Å². The van der Waals surface area contributed by atoms with E-state index in [-0.39, 0.29) is 17.0 Å². The molecular weight excluding hydrogens is 548 g/mol. The van der Waals surface area contributed by atoms with Crippen LogP contribution in [0.3, 0.4) is 0 Å². The lowest BCUT2D eigenvalue weighted by atomic mass is 10.1. The molecule has 9 nitrogen and oxygen atoms in total. The fourth-order valence-corrected chi connectivity index (χ4v) is 5.17. The van der Waals surface area contributed by atoms with Crippen LogP contribution >= 0.6 is 27.3 Å². The highest BCUT2D eigenvalue weighted by Crippen LogP contribution is 2.38. The number of nitrogens with zero attached hydrogens (tertiary/aromatic N) is 3. The zero-order chi connectivity index (χ0) is 26.5. The molecule has 3 aromatic rings. The van der Waals surface area contributed by atoms with Crippen LogP contribution in [0.5, 0.6) is 0 Å². The van der Waals surface area contributed by atoms with Gasteiger partial charge in [0.05, 0.1) is 15.8 Å². The number of ether oxygens (including phenoxy) is 2. The molecule has 1 aromatic carbocycles. The first-order valence-corrected chi connectivity index (χ1v) is 13.1. The highest BCUT2D eigenvalue weighted by atomic mass is 79.9. The zero-order valence-corrected chi connectivity index (χ0v) is 23.4. The van der Waals surface area contributed by atoms with Crippen LogP contribution < -0.4 is 5.32 Å². The number of carbonyl (C=O) groups is 2. The molecule has 194 valence electrons. The van der Waals surface area contributed by atoms with Crippen molar-refractivity contribution in [1.29, 1.82) is 0 Å². The van der Waals surface area contributed by atoms with Gasteiger partial charge in [-0.05, 0) is 61.2 Å². The lowest BCUT2D eigenvalue weighted by Gasteiger charge is -2.24. The first kappa shape index (κ1) is 27.8. The Bertz CT molecular complexity index is 1230. The summed E-state index contributed by atoms with van der Waals surface area (Å²) in [5, 5.41) is 12.8. The Kier molecular flexibility index (Phi) is 9.26. The number of fused-ring (bicyclic) bond motifs is 1. The Labute approximate surface area is 223 Å². The van der Waals surface area contributed by atoms with Crippen molar-refractivity contribution in [2.45, 2.75) is 52.4 Å². The van der Waals surface area contributed by atoms with Crippen molar-refractivity contribution in [2.75, 3.05) is 25.5 Å². The summed E-state index contributed by atoms with van der Waals surface area (Å²) in [5.74, 6) is -0.422. The van der Waals surface area contributed by atoms with E-state index in [0.29, 0.717) is 46.7 Å². The summed E-state index contributed by atoms with van der Waals surface area (Å²) >= 11 is 4.48. The average Bonchev–Trinajstić information content (AvgIpc) is 3.15. The number of rotatable bonds is 10. The van der Waals surface area contributed by atoms with Gasteiger partial charge in [-0.1, -0.05) is 24.3 Å². The van der Waals surface area contributed by atoms with Crippen molar-refractivity contribution in [2.24, 2.45) is 0 Å². The molecule has 0 bridgehead atoms. The summed E-state index contributed by atoms with van der Waals surface area (Å²) in [6, 6.07) is 7.97. The summed E-state index contributed by atoms with van der Waals surface area (Å²) in [6.45, 7) is 9.06. The number of carbonyl (C=O) groups excluding carboxylic acids is 1. The van der Waals surface area contributed by atoms with Gasteiger partial charge in [0.15, 0.2) is 0 Å². The summed E-state index contributed by atoms with van der Waals surface area (Å²) in [5.41, 5.74) is 2.13. The molecule has 2 N–H and O–H groups in total. The van der Waals surface area contributed by atoms with Crippen LogP contribution in [0.4, 0.5) is 10.6 Å². The maximum Gasteiger partial charge on any atom is 0.410 e. The number of aromatic nitrogens is 2. The Morgan fingerprint density at radius 2 is 2.03 bits per heavy atom. The first-order valence-electron chi connectivity index (χ1n) is 11.5. The van der Waals surface area contributed by atoms with E-state index in [9.17, 15) is 14.7 Å². The van der Waals surface area contributed by atoms with Gasteiger partial charge in [0.1, 0.15) is 28.1 Å². The molecule has 0 aliphatic rings. The normalized spacial score (nSPS) is 12.4. The fraction of sp³-hybridized carbons (Fsp3) is 0.440. The number of nitrogens with one attached hydrogen (secondary N) is 1. The molecule has 1 atom stereocenters. The summed E-state index contributed by atoms with van der Waals surface area (Å²) in [6.07, 6.45) is 1.78. The minimum atomic E-state index is -1.01. The molecule has 3 rings (SSSR count). The Morgan fingerprint density at radius 1 is 1.28 bits per heavy atom. The number of hydrogen-bond donors (Lipinski definition) is 2. The predicted octanol–water partition coefficient (Wildman–Crippen LogP) is 6.10. The lowest BCUT2D eigenvalue weighted by Crippen LogP contribution is -2.35. The molecule has 11 heteroatoms. The molecule has 2 heterocycles. The van der Waals surface area contributed by atoms with E-state index in [1.807, 2.05) is 45.9 Å². The minimum Gasteiger partial charge on any atom is -0.477 e. The van der Waals surface area contributed by atoms with Gasteiger partial charge < -0.3 is 24.8 Å². The van der Waals surface area contributed by atoms with Crippen molar-refractivity contribution in [3.05, 3.63) is 51.1 Å². The fourth-order valence-electron chi connectivity index (χ4n) is 3.39. The van der Waals surface area contributed by atoms with Crippen LogP contribution in [-0.2, 0) is 16.1 Å². The van der Waals surface area contributed by atoms with Gasteiger partial charge in [-0.25, -0.2) is 19.6 Å². The third kappa shape index (κ3) is 7.37. The third-order valence-corrected chi connectivity index (χ3v) is 7.38. The van der Waals surface area contributed by atoms with Crippen molar-refractivity contribution >= 4 is 55.4 Å². The smallest absolute Gasteiger partial charge is 0.410 e. The van der Waals surface area contributed by atoms with Crippen LogP contribution in [0.1, 0.15) is 61.0 Å². The SMILES string of the molecule is CC(Nc1ncnc2c(Br)c(C(=O)O)sc12)c1cccc(COCCCN(C)C(=O)OC(C)(C)C)c1. The molecule has 1 unspecified atom stereocenters. The molecule has 36 heavy (non-hydrogen) atoms. The number of carboxylic acid groups (broad SMARTS) is 1. The zero-order valence-electron chi connectivity index (χ0n) is 21.0. The van der Waals surface area contributed by atoms with Crippen molar-refractivity contribution < 1.29 is 24.2 Å². The highest BCUT2D eigenvalue weighted by Gasteiger charge is 2.21. The van der Waals surface area contributed by atoms with Gasteiger partial charge in [-0.2, -0.15) is 0 Å². The molecule has 2 aromatic heterocycles. The number of thiophene rings is 1. The highest BCUT2D eigenvalue weighted by molar-refractivity contribution is 9.10. The van der Waals surface area contributed by atoms with E-state index in [4.69, 9.17) is 9.47 Å². The van der Waals surface area contributed by atoms with E-state index < -0.39 is 11.6 Å². The molecule has 1 amide bonds. The maximum absolute atomic E-state index is 12.0. The second-order valence-corrected chi connectivity index (χ2v) is 11.2. The van der Waals surface area contributed by atoms with E-state index >= 15 is 0 Å². The number of hydrogen-bond acceptors (Lipinski definition) is 8. The predicted molar refractivity (Wildman–Crippen MR) is 144 cm³/mol. The number of carboxylic acids is 1. The summed E-state index contributed by atoms with van der Waals surface area (Å²) < 4.78 is 12.3. The maximum atomic E-state index is 12.0. The van der Waals surface area contributed by atoms with Gasteiger partial charge in [0.2, 0.25) is 0 Å². The van der Waals surface area contributed by atoms with E-state index in [2.05, 4.69) is 37.3 Å². The molecule has 0 radical (unpaired) electrons. The van der Waals surface area contributed by atoms with E-state index in [1.54, 1.807) is 11.9 Å². The van der Waals surface area contributed by atoms with E-state index in [0.717, 1.165) is 22.5 Å². The minimum absolute atomic E-state index is 0.0836. The van der Waals surface area contributed by atoms with Crippen molar-refractivity contribution in [3.8, 4) is 0 Å². The lowest BCUT2D eigenvalue weighted by molar-refractivity contribution is 0.0276. The van der Waals surface area contributed by atoms with Gasteiger partial charge >= 0.3 is 12.1 Å². The van der Waals surface area contributed by atoms with Gasteiger partial charge in [-0.15, -0.1) is 11.3 Å². The molecule has 0 fully saturated rings. The Balaban J connectivity index is 1.55. The second-order valence-electron chi connectivity index (χ2n) is 9.37. The van der Waals surface area contributed by atoms with Crippen molar-refractivity contribution in [1.82, 2.24) is 14.9 Å². The monoisotopic (exact) mass is 578 g/mol. The molecule has 0 saturated carbocycles. The van der Waals surface area contributed by atoms with Crippen LogP contribution in [0.2, 0.25) is 0 Å².